The predicted molar refractivity (Wildman–Crippen MR) is 146 cm³/mol. The van der Waals surface area contributed by atoms with Crippen molar-refractivity contribution in [3.8, 4) is 17.0 Å². The summed E-state index contributed by atoms with van der Waals surface area (Å²) in [6, 6.07) is 15.6. The molecule has 2 aromatic carbocycles. The summed E-state index contributed by atoms with van der Waals surface area (Å²) in [7, 11) is -2.41. The second kappa shape index (κ2) is 10.5. The zero-order chi connectivity index (χ0) is 26.7. The normalized spacial score (nSPS) is 13.8. The number of ether oxygens (including phenoxy) is 1. The number of benzene rings is 2. The van der Waals surface area contributed by atoms with Crippen molar-refractivity contribution in [3.63, 3.8) is 0 Å². The van der Waals surface area contributed by atoms with Gasteiger partial charge >= 0.3 is 0 Å². The molecule has 4 aromatic rings. The Morgan fingerprint density at radius 2 is 1.76 bits per heavy atom. The van der Waals surface area contributed by atoms with Crippen LogP contribution in [0.5, 0.6) is 5.88 Å². The first-order valence-corrected chi connectivity index (χ1v) is 13.4. The van der Waals surface area contributed by atoms with E-state index in [0.717, 1.165) is 22.3 Å². The second-order valence-corrected chi connectivity index (χ2v) is 10.3. The number of pyridine rings is 1. The lowest BCUT2D eigenvalue weighted by Crippen LogP contribution is -2.48. The van der Waals surface area contributed by atoms with Gasteiger partial charge in [0.2, 0.25) is 11.8 Å². The van der Waals surface area contributed by atoms with Gasteiger partial charge in [0.05, 0.1) is 17.5 Å². The maximum Gasteiger partial charge on any atom is 0.262 e. The molecule has 1 fully saturated rings. The van der Waals surface area contributed by atoms with Gasteiger partial charge in [-0.25, -0.2) is 23.4 Å². The first-order valence-electron chi connectivity index (χ1n) is 11.9. The third-order valence-corrected chi connectivity index (χ3v) is 7.74. The topological polar surface area (TPSA) is 118 Å². The van der Waals surface area contributed by atoms with Crippen LogP contribution >= 0.6 is 0 Å². The molecule has 2 aromatic heterocycles. The van der Waals surface area contributed by atoms with Crippen LogP contribution in [0, 0.1) is 0 Å². The molecular weight excluding hydrogens is 504 g/mol. The van der Waals surface area contributed by atoms with E-state index < -0.39 is 10.0 Å². The number of carbonyl (C=O) groups is 1. The fourth-order valence-corrected chi connectivity index (χ4v) is 5.46. The fraction of sp³-hybridized carbons (Fsp3) is 0.185. The molecule has 1 amide bonds. The van der Waals surface area contributed by atoms with Crippen LogP contribution in [-0.2, 0) is 14.8 Å². The van der Waals surface area contributed by atoms with E-state index in [4.69, 9.17) is 4.74 Å². The van der Waals surface area contributed by atoms with E-state index in [1.807, 2.05) is 18.2 Å². The minimum atomic E-state index is -3.84. The lowest BCUT2D eigenvalue weighted by molar-refractivity contribution is -0.126. The number of methoxy groups -OCH3 is 1. The van der Waals surface area contributed by atoms with E-state index in [-0.39, 0.29) is 22.4 Å². The third kappa shape index (κ3) is 5.00. The standard InChI is InChI=1S/C27H26N6O4S/c1-3-25(34)32-11-13-33(14-12-32)26-22-15-19(9-10-23(22)29-18-30-26)20-16-24(27(37-2)28-17-20)31-38(35,36)21-7-5-4-6-8-21/h3-10,15-18,31H,1,11-14H2,2H3. The number of sulfonamides is 1. The van der Waals surface area contributed by atoms with Gasteiger partial charge < -0.3 is 14.5 Å². The molecule has 1 saturated heterocycles. The molecule has 1 N–H and O–H groups in total. The van der Waals surface area contributed by atoms with Gasteiger partial charge in [-0.3, -0.25) is 9.52 Å². The Morgan fingerprint density at radius 3 is 2.47 bits per heavy atom. The molecule has 11 heteroatoms. The number of anilines is 2. The van der Waals surface area contributed by atoms with E-state index in [1.54, 1.807) is 35.4 Å². The Bertz CT molecular complexity index is 1600. The van der Waals surface area contributed by atoms with Crippen LogP contribution in [0.3, 0.4) is 0 Å². The van der Waals surface area contributed by atoms with Gasteiger partial charge in [-0.05, 0) is 42.0 Å². The van der Waals surface area contributed by atoms with Crippen LogP contribution in [-0.4, -0.2) is 67.5 Å². The number of amides is 1. The van der Waals surface area contributed by atoms with E-state index in [1.165, 1.54) is 31.6 Å². The van der Waals surface area contributed by atoms with Crippen molar-refractivity contribution in [2.45, 2.75) is 4.90 Å². The lowest BCUT2D eigenvalue weighted by Gasteiger charge is -2.35. The van der Waals surface area contributed by atoms with Gasteiger partial charge in [-0.2, -0.15) is 0 Å². The molecule has 0 unspecified atom stereocenters. The van der Waals surface area contributed by atoms with Crippen LogP contribution in [0.1, 0.15) is 0 Å². The summed E-state index contributed by atoms with van der Waals surface area (Å²) < 4.78 is 33.8. The summed E-state index contributed by atoms with van der Waals surface area (Å²) in [5.41, 5.74) is 2.50. The number of nitrogens with zero attached hydrogens (tertiary/aromatic N) is 5. The molecule has 0 bridgehead atoms. The molecule has 0 spiro atoms. The van der Waals surface area contributed by atoms with Gasteiger partial charge in [-0.1, -0.05) is 30.8 Å². The summed E-state index contributed by atoms with van der Waals surface area (Å²) in [6.07, 6.45) is 4.49. The first-order chi connectivity index (χ1) is 18.4. The third-order valence-electron chi connectivity index (χ3n) is 6.36. The molecule has 1 aliphatic rings. The maximum absolute atomic E-state index is 13.0. The molecule has 10 nitrogen and oxygen atoms in total. The quantitative estimate of drug-likeness (QED) is 0.362. The van der Waals surface area contributed by atoms with Crippen LogP contribution in [0.2, 0.25) is 0 Å². The monoisotopic (exact) mass is 530 g/mol. The summed E-state index contributed by atoms with van der Waals surface area (Å²) in [5.74, 6) is 0.851. The number of hydrogen-bond acceptors (Lipinski definition) is 8. The second-order valence-electron chi connectivity index (χ2n) is 8.65. The van der Waals surface area contributed by atoms with Crippen molar-refractivity contribution in [2.75, 3.05) is 42.9 Å². The van der Waals surface area contributed by atoms with Crippen molar-refractivity contribution in [3.05, 3.63) is 79.8 Å². The van der Waals surface area contributed by atoms with Crippen LogP contribution in [0.25, 0.3) is 22.0 Å². The molecule has 5 rings (SSSR count). The van der Waals surface area contributed by atoms with Crippen molar-refractivity contribution in [1.29, 1.82) is 0 Å². The van der Waals surface area contributed by atoms with E-state index in [9.17, 15) is 13.2 Å². The predicted octanol–water partition coefficient (Wildman–Crippen LogP) is 3.34. The highest BCUT2D eigenvalue weighted by Crippen LogP contribution is 2.33. The van der Waals surface area contributed by atoms with Crippen LogP contribution in [0.15, 0.2) is 84.7 Å². The molecule has 3 heterocycles. The number of nitrogens with one attached hydrogen (secondary N) is 1. The Hall–Kier alpha value is -4.51. The number of aromatic nitrogens is 3. The SMILES string of the molecule is C=CC(=O)N1CCN(c2ncnc3ccc(-c4cnc(OC)c(NS(=O)(=O)c5ccccc5)c4)cc23)CC1. The molecule has 38 heavy (non-hydrogen) atoms. The Labute approximate surface area is 220 Å². The molecule has 0 atom stereocenters. The van der Waals surface area contributed by atoms with Crippen molar-refractivity contribution in [2.24, 2.45) is 0 Å². The Balaban J connectivity index is 1.48. The molecule has 0 radical (unpaired) electrons. The van der Waals surface area contributed by atoms with Gasteiger partial charge in [0.1, 0.15) is 17.8 Å². The minimum Gasteiger partial charge on any atom is -0.480 e. The minimum absolute atomic E-state index is 0.0785. The first kappa shape index (κ1) is 25.2. The van der Waals surface area contributed by atoms with Gasteiger partial charge in [0, 0.05) is 43.3 Å². The number of carbonyl (C=O) groups excluding carboxylic acids is 1. The highest BCUT2D eigenvalue weighted by molar-refractivity contribution is 7.92. The number of piperazine rings is 1. The van der Waals surface area contributed by atoms with Crippen LogP contribution < -0.4 is 14.4 Å². The van der Waals surface area contributed by atoms with Gasteiger partial charge in [-0.15, -0.1) is 0 Å². The van der Waals surface area contributed by atoms with Gasteiger partial charge in [0.25, 0.3) is 10.0 Å². The summed E-state index contributed by atoms with van der Waals surface area (Å²) >= 11 is 0. The molecular formula is C27H26N6O4S. The summed E-state index contributed by atoms with van der Waals surface area (Å²) in [4.78, 5) is 29.3. The molecule has 1 aliphatic heterocycles. The molecule has 0 aliphatic carbocycles. The van der Waals surface area contributed by atoms with Crippen molar-refractivity contribution < 1.29 is 17.9 Å². The molecule has 194 valence electrons. The maximum atomic E-state index is 13.0. The highest BCUT2D eigenvalue weighted by atomic mass is 32.2. The smallest absolute Gasteiger partial charge is 0.262 e. The average Bonchev–Trinajstić information content (AvgIpc) is 2.96. The van der Waals surface area contributed by atoms with Crippen LogP contribution in [0.4, 0.5) is 11.5 Å². The summed E-state index contributed by atoms with van der Waals surface area (Å²) in [6.45, 7) is 5.97. The Morgan fingerprint density at radius 1 is 1.00 bits per heavy atom. The zero-order valence-electron chi connectivity index (χ0n) is 20.7. The lowest BCUT2D eigenvalue weighted by atomic mass is 10.0. The average molecular weight is 531 g/mol. The Kier molecular flexibility index (Phi) is 6.93. The fourth-order valence-electron chi connectivity index (χ4n) is 4.39. The van der Waals surface area contributed by atoms with Crippen molar-refractivity contribution >= 4 is 38.3 Å². The number of hydrogen-bond donors (Lipinski definition) is 1. The highest BCUT2D eigenvalue weighted by Gasteiger charge is 2.22. The van der Waals surface area contributed by atoms with E-state index in [2.05, 4.69) is 31.2 Å². The zero-order valence-corrected chi connectivity index (χ0v) is 21.6. The molecule has 0 saturated carbocycles. The van der Waals surface area contributed by atoms with Crippen molar-refractivity contribution in [1.82, 2.24) is 19.9 Å². The van der Waals surface area contributed by atoms with E-state index in [0.29, 0.717) is 31.7 Å². The number of fused-ring (bicyclic) bond motifs is 1. The van der Waals surface area contributed by atoms with Gasteiger partial charge in [0.15, 0.2) is 0 Å². The number of rotatable bonds is 7. The van der Waals surface area contributed by atoms with E-state index >= 15 is 0 Å². The largest absolute Gasteiger partial charge is 0.480 e. The summed E-state index contributed by atoms with van der Waals surface area (Å²) in [5, 5.41) is 0.843.